The summed E-state index contributed by atoms with van der Waals surface area (Å²) in [4.78, 5) is 22.2. The monoisotopic (exact) mass is 499 g/mol. The smallest absolute Gasteiger partial charge is 0.251 e. The normalized spacial score (nSPS) is 13.4. The number of aliphatic hydroxyl groups is 1. The van der Waals surface area contributed by atoms with E-state index in [1.807, 2.05) is 50.2 Å². The minimum absolute atomic E-state index is 0.0593. The number of ether oxygens (including phenoxy) is 1. The van der Waals surface area contributed by atoms with Gasteiger partial charge in [-0.25, -0.2) is 4.98 Å². The van der Waals surface area contributed by atoms with Crippen LogP contribution in [0.5, 0.6) is 5.88 Å². The molecule has 0 fully saturated rings. The van der Waals surface area contributed by atoms with Crippen LogP contribution in [0.2, 0.25) is 5.02 Å². The van der Waals surface area contributed by atoms with Gasteiger partial charge in [0.05, 0.1) is 31.0 Å². The van der Waals surface area contributed by atoms with Crippen LogP contribution in [-0.2, 0) is 6.54 Å². The second-order valence-corrected chi connectivity index (χ2v) is 9.44. The number of halogens is 1. The van der Waals surface area contributed by atoms with E-state index in [1.54, 1.807) is 30.6 Å². The molecule has 5 rings (SSSR count). The lowest BCUT2D eigenvalue weighted by Crippen LogP contribution is -2.26. The molecule has 6 nitrogen and oxygen atoms in total. The lowest BCUT2D eigenvalue weighted by atomic mass is 9.96. The molecule has 0 radical (unpaired) electrons. The molecule has 1 aliphatic rings. The van der Waals surface area contributed by atoms with Gasteiger partial charge in [0.2, 0.25) is 5.88 Å². The third-order valence-corrected chi connectivity index (χ3v) is 6.40. The molecule has 1 N–H and O–H groups in total. The molecule has 1 atom stereocenters. The van der Waals surface area contributed by atoms with E-state index >= 15 is 0 Å². The molecule has 0 aliphatic carbocycles. The number of hydrogen-bond donors (Lipinski definition) is 1. The Kier molecular flexibility index (Phi) is 6.72. The average molecular weight is 500 g/mol. The maximum atomic E-state index is 13.1. The highest BCUT2D eigenvalue weighted by atomic mass is 35.5. The number of benzene rings is 2. The van der Waals surface area contributed by atoms with Crippen molar-refractivity contribution in [2.75, 3.05) is 6.61 Å². The van der Waals surface area contributed by atoms with E-state index in [-0.39, 0.29) is 18.3 Å². The largest absolute Gasteiger partial charge is 0.475 e. The standard InChI is InChI=1S/C29H26ClN3O3/c1-18(2)36-27-9-8-23(16-31-27)29-25-13-19(6-7-22(25)15-32-29)20-10-11-33(28(35)14-20)26(17-34)21-4-3-5-24(30)12-21/h3-14,16,18,26,34H,15,17H2,1-2H3/t26-/m1/s1. The van der Waals surface area contributed by atoms with Crippen molar-refractivity contribution in [1.29, 1.82) is 0 Å². The number of fused-ring (bicyclic) bond motifs is 1. The summed E-state index contributed by atoms with van der Waals surface area (Å²) in [7, 11) is 0. The quantitative estimate of drug-likeness (QED) is 0.375. The summed E-state index contributed by atoms with van der Waals surface area (Å²) in [6.07, 6.45) is 3.56. The SMILES string of the molecule is CC(C)Oc1ccc(C2=NCc3ccc(-c4ccn([C@H](CO)c5cccc(Cl)c5)c(=O)c4)cc32)cn1. The Morgan fingerprint density at radius 3 is 2.53 bits per heavy atom. The molecule has 4 aromatic rings. The van der Waals surface area contributed by atoms with Crippen LogP contribution in [0.1, 0.15) is 42.1 Å². The maximum absolute atomic E-state index is 13.1. The van der Waals surface area contributed by atoms with Crippen LogP contribution < -0.4 is 10.3 Å². The van der Waals surface area contributed by atoms with Gasteiger partial charge in [-0.2, -0.15) is 0 Å². The van der Waals surface area contributed by atoms with E-state index in [0.717, 1.165) is 39.1 Å². The number of aliphatic imine (C=N–C) groups is 1. The van der Waals surface area contributed by atoms with Crippen molar-refractivity contribution in [3.8, 4) is 17.0 Å². The fourth-order valence-electron chi connectivity index (χ4n) is 4.44. The second-order valence-electron chi connectivity index (χ2n) is 9.00. The van der Waals surface area contributed by atoms with Gasteiger partial charge >= 0.3 is 0 Å². The first-order valence-corrected chi connectivity index (χ1v) is 12.2. The fourth-order valence-corrected chi connectivity index (χ4v) is 4.64. The predicted molar refractivity (Wildman–Crippen MR) is 142 cm³/mol. The molecular formula is C29H26ClN3O3. The van der Waals surface area contributed by atoms with Crippen LogP contribution >= 0.6 is 11.6 Å². The van der Waals surface area contributed by atoms with Gasteiger partial charge in [0.15, 0.2) is 0 Å². The Balaban J connectivity index is 1.44. The summed E-state index contributed by atoms with van der Waals surface area (Å²) in [6.45, 7) is 4.32. The highest BCUT2D eigenvalue weighted by Crippen LogP contribution is 2.29. The summed E-state index contributed by atoms with van der Waals surface area (Å²) < 4.78 is 7.18. The maximum Gasteiger partial charge on any atom is 0.251 e. The van der Waals surface area contributed by atoms with Crippen LogP contribution in [-0.4, -0.2) is 33.1 Å². The van der Waals surface area contributed by atoms with Gasteiger partial charge in [-0.1, -0.05) is 35.9 Å². The van der Waals surface area contributed by atoms with Gasteiger partial charge in [0, 0.05) is 40.7 Å². The van der Waals surface area contributed by atoms with E-state index in [2.05, 4.69) is 17.1 Å². The molecule has 182 valence electrons. The zero-order chi connectivity index (χ0) is 25.2. The number of rotatable bonds is 7. The number of aromatic nitrogens is 2. The van der Waals surface area contributed by atoms with E-state index in [1.165, 1.54) is 4.57 Å². The van der Waals surface area contributed by atoms with Crippen LogP contribution in [0.4, 0.5) is 0 Å². The molecule has 0 unspecified atom stereocenters. The Hall–Kier alpha value is -3.74. The predicted octanol–water partition coefficient (Wildman–Crippen LogP) is 5.28. The lowest BCUT2D eigenvalue weighted by molar-refractivity contribution is 0.232. The first kappa shape index (κ1) is 24.0. The molecule has 36 heavy (non-hydrogen) atoms. The van der Waals surface area contributed by atoms with Crippen LogP contribution in [0.25, 0.3) is 11.1 Å². The topological polar surface area (TPSA) is 76.7 Å². The summed E-state index contributed by atoms with van der Waals surface area (Å²) in [5, 5.41) is 10.6. The molecule has 0 amide bonds. The Morgan fingerprint density at radius 1 is 1.03 bits per heavy atom. The highest BCUT2D eigenvalue weighted by Gasteiger charge is 2.20. The highest BCUT2D eigenvalue weighted by molar-refractivity contribution is 6.30. The zero-order valence-electron chi connectivity index (χ0n) is 20.1. The first-order valence-electron chi connectivity index (χ1n) is 11.8. The van der Waals surface area contributed by atoms with Gasteiger partial charge in [-0.15, -0.1) is 0 Å². The van der Waals surface area contributed by atoms with Crippen molar-refractivity contribution >= 4 is 17.3 Å². The summed E-state index contributed by atoms with van der Waals surface area (Å²) >= 11 is 6.12. The molecule has 1 aliphatic heterocycles. The molecule has 0 saturated heterocycles. The summed E-state index contributed by atoms with van der Waals surface area (Å²) in [5.74, 6) is 0.584. The molecule has 0 saturated carbocycles. The number of hydrogen-bond acceptors (Lipinski definition) is 5. The Bertz CT molecular complexity index is 1490. The van der Waals surface area contributed by atoms with Gasteiger partial charge in [0.1, 0.15) is 0 Å². The summed E-state index contributed by atoms with van der Waals surface area (Å²) in [6, 6.07) is 20.1. The van der Waals surface area contributed by atoms with E-state index in [0.29, 0.717) is 17.4 Å². The minimum Gasteiger partial charge on any atom is -0.475 e. The van der Waals surface area contributed by atoms with Crippen molar-refractivity contribution in [3.05, 3.63) is 117 Å². The number of pyridine rings is 2. The molecular weight excluding hydrogens is 474 g/mol. The van der Waals surface area contributed by atoms with Gasteiger partial charge < -0.3 is 14.4 Å². The lowest BCUT2D eigenvalue weighted by Gasteiger charge is -2.19. The number of aliphatic hydroxyl groups excluding tert-OH is 1. The van der Waals surface area contributed by atoms with Crippen LogP contribution in [0.15, 0.2) is 88.9 Å². The van der Waals surface area contributed by atoms with Crippen molar-refractivity contribution in [1.82, 2.24) is 9.55 Å². The van der Waals surface area contributed by atoms with Crippen LogP contribution in [0, 0.1) is 0 Å². The number of nitrogens with zero attached hydrogens (tertiary/aromatic N) is 3. The van der Waals surface area contributed by atoms with Gasteiger partial charge in [-0.3, -0.25) is 9.79 Å². The van der Waals surface area contributed by atoms with E-state index in [4.69, 9.17) is 21.3 Å². The second kappa shape index (κ2) is 10.1. The molecule has 2 aromatic heterocycles. The van der Waals surface area contributed by atoms with Crippen LogP contribution in [0.3, 0.4) is 0 Å². The Morgan fingerprint density at radius 2 is 1.83 bits per heavy atom. The van der Waals surface area contributed by atoms with E-state index in [9.17, 15) is 9.90 Å². The van der Waals surface area contributed by atoms with Gasteiger partial charge in [0.25, 0.3) is 5.56 Å². The van der Waals surface area contributed by atoms with Crippen molar-refractivity contribution in [2.24, 2.45) is 4.99 Å². The first-order chi connectivity index (χ1) is 17.4. The zero-order valence-corrected chi connectivity index (χ0v) is 20.8. The minimum atomic E-state index is -0.515. The van der Waals surface area contributed by atoms with Crippen molar-refractivity contribution in [2.45, 2.75) is 32.5 Å². The van der Waals surface area contributed by atoms with Crippen molar-refractivity contribution in [3.63, 3.8) is 0 Å². The molecule has 0 spiro atoms. The van der Waals surface area contributed by atoms with Crippen molar-refractivity contribution < 1.29 is 9.84 Å². The third kappa shape index (κ3) is 4.83. The van der Waals surface area contributed by atoms with Gasteiger partial charge in [-0.05, 0) is 66.4 Å². The molecule has 3 heterocycles. The third-order valence-electron chi connectivity index (χ3n) is 6.16. The average Bonchev–Trinajstić information content (AvgIpc) is 3.29. The summed E-state index contributed by atoms with van der Waals surface area (Å²) in [5.41, 5.74) is 6.25. The molecule has 2 aromatic carbocycles. The Labute approximate surface area is 214 Å². The molecule has 0 bridgehead atoms. The fraction of sp³-hybridized carbons (Fsp3) is 0.207. The van der Waals surface area contributed by atoms with E-state index < -0.39 is 6.04 Å². The molecule has 7 heteroatoms.